The van der Waals surface area contributed by atoms with Crippen LogP contribution in [0.15, 0.2) is 12.3 Å². The van der Waals surface area contributed by atoms with Gasteiger partial charge in [0.15, 0.2) is 5.65 Å². The van der Waals surface area contributed by atoms with Gasteiger partial charge < -0.3 is 4.90 Å². The van der Waals surface area contributed by atoms with Crippen LogP contribution in [0.1, 0.15) is 51.9 Å². The highest BCUT2D eigenvalue weighted by Gasteiger charge is 2.34. The predicted molar refractivity (Wildman–Crippen MR) is 94.3 cm³/mol. The average Bonchev–Trinajstić information content (AvgIpc) is 3.27. The van der Waals surface area contributed by atoms with Gasteiger partial charge in [-0.25, -0.2) is 4.98 Å². The van der Waals surface area contributed by atoms with Crippen LogP contribution in [0.4, 0.5) is 0 Å². The molecule has 7 heteroatoms. The minimum Gasteiger partial charge on any atom is -0.331 e. The molecule has 0 radical (unpaired) electrons. The van der Waals surface area contributed by atoms with Crippen LogP contribution in [0.5, 0.6) is 0 Å². The number of hydrogen-bond acceptors (Lipinski definition) is 4. The molecular formula is C18H22N6O. The minimum absolute atomic E-state index is 0.0279. The lowest BCUT2D eigenvalue weighted by atomic mass is 10.0. The summed E-state index contributed by atoms with van der Waals surface area (Å²) in [5, 5.41) is 12.5. The first-order valence-electron chi connectivity index (χ1n) is 8.59. The molecule has 7 nitrogen and oxygen atoms in total. The first-order chi connectivity index (χ1) is 12.0. The van der Waals surface area contributed by atoms with Gasteiger partial charge in [0.1, 0.15) is 0 Å². The van der Waals surface area contributed by atoms with Crippen molar-refractivity contribution in [3.8, 4) is 0 Å². The number of aromatic nitrogens is 5. The van der Waals surface area contributed by atoms with E-state index in [0.29, 0.717) is 11.2 Å². The number of likely N-dealkylation sites (tertiary alicyclic amines) is 1. The molecule has 0 unspecified atom stereocenters. The molecule has 130 valence electrons. The molecule has 1 aliphatic rings. The van der Waals surface area contributed by atoms with E-state index in [0.717, 1.165) is 41.9 Å². The van der Waals surface area contributed by atoms with Gasteiger partial charge in [-0.15, -0.1) is 0 Å². The lowest BCUT2D eigenvalue weighted by molar-refractivity contribution is 0.0735. The Morgan fingerprint density at radius 2 is 2.12 bits per heavy atom. The quantitative estimate of drug-likeness (QED) is 0.779. The standard InChI is InChI=1S/C18H22N6O/c1-10-14-8-13(9-19-17(14)21-20-10)18(25)24-7-5-6-15(24)16-11(2)22-23(4)12(16)3/h8-9,15H,5-7H2,1-4H3,(H,19,20,21)/t15-/m1/s1. The van der Waals surface area contributed by atoms with E-state index in [2.05, 4.69) is 27.2 Å². The van der Waals surface area contributed by atoms with E-state index in [4.69, 9.17) is 0 Å². The van der Waals surface area contributed by atoms with E-state index >= 15 is 0 Å². The third-order valence-electron chi connectivity index (χ3n) is 5.26. The highest BCUT2D eigenvalue weighted by Crippen LogP contribution is 2.36. The zero-order chi connectivity index (χ0) is 17.7. The van der Waals surface area contributed by atoms with Gasteiger partial charge in [-0.05, 0) is 39.7 Å². The van der Waals surface area contributed by atoms with Crippen LogP contribution in [0.25, 0.3) is 11.0 Å². The number of H-pyrrole nitrogens is 1. The Bertz CT molecular complexity index is 970. The van der Waals surface area contributed by atoms with Gasteiger partial charge in [-0.1, -0.05) is 0 Å². The Balaban J connectivity index is 1.71. The number of rotatable bonds is 2. The van der Waals surface area contributed by atoms with Crippen LogP contribution in [-0.2, 0) is 7.05 Å². The Labute approximate surface area is 146 Å². The van der Waals surface area contributed by atoms with Crippen LogP contribution >= 0.6 is 0 Å². The van der Waals surface area contributed by atoms with Crippen molar-refractivity contribution >= 4 is 16.9 Å². The van der Waals surface area contributed by atoms with Gasteiger partial charge in [-0.3, -0.25) is 14.6 Å². The van der Waals surface area contributed by atoms with Gasteiger partial charge in [0.2, 0.25) is 0 Å². The highest BCUT2D eigenvalue weighted by molar-refractivity contribution is 5.97. The SMILES string of the molecule is Cc1nn(C)c(C)c1[C@H]1CCCN1C(=O)c1cnc2n[nH]c(C)c2c1. The van der Waals surface area contributed by atoms with Crippen molar-refractivity contribution in [2.75, 3.05) is 6.54 Å². The predicted octanol–water partition coefficient (Wildman–Crippen LogP) is 2.59. The van der Waals surface area contributed by atoms with Crippen molar-refractivity contribution in [3.63, 3.8) is 0 Å². The second-order valence-corrected chi connectivity index (χ2v) is 6.81. The van der Waals surface area contributed by atoms with Gasteiger partial charge in [-0.2, -0.15) is 10.2 Å². The number of nitrogens with zero attached hydrogens (tertiary/aromatic N) is 5. The number of aromatic amines is 1. The number of hydrogen-bond donors (Lipinski definition) is 1. The van der Waals surface area contributed by atoms with Crippen LogP contribution in [0.2, 0.25) is 0 Å². The fourth-order valence-corrected chi connectivity index (χ4v) is 3.88. The molecule has 1 amide bonds. The Hall–Kier alpha value is -2.70. The number of pyridine rings is 1. The van der Waals surface area contributed by atoms with Crippen molar-refractivity contribution in [1.29, 1.82) is 0 Å². The molecule has 1 atom stereocenters. The van der Waals surface area contributed by atoms with E-state index < -0.39 is 0 Å². The summed E-state index contributed by atoms with van der Waals surface area (Å²) >= 11 is 0. The summed E-state index contributed by atoms with van der Waals surface area (Å²) in [6, 6.07) is 1.98. The second kappa shape index (κ2) is 5.68. The molecule has 0 saturated carbocycles. The number of carbonyl (C=O) groups excluding carboxylic acids is 1. The molecule has 0 aliphatic carbocycles. The zero-order valence-electron chi connectivity index (χ0n) is 15.0. The normalized spacial score (nSPS) is 17.6. The molecule has 0 aromatic carbocycles. The molecule has 3 aromatic rings. The zero-order valence-corrected chi connectivity index (χ0v) is 15.0. The Kier molecular flexibility index (Phi) is 3.59. The number of amides is 1. The first kappa shape index (κ1) is 15.8. The third-order valence-corrected chi connectivity index (χ3v) is 5.26. The Morgan fingerprint density at radius 1 is 1.32 bits per heavy atom. The van der Waals surface area contributed by atoms with Gasteiger partial charge in [0.05, 0.1) is 17.3 Å². The van der Waals surface area contributed by atoms with Gasteiger partial charge in [0, 0.05) is 42.1 Å². The van der Waals surface area contributed by atoms with Crippen LogP contribution in [-0.4, -0.2) is 42.3 Å². The molecule has 25 heavy (non-hydrogen) atoms. The lowest BCUT2D eigenvalue weighted by Gasteiger charge is -2.25. The number of fused-ring (bicyclic) bond motifs is 1. The fourth-order valence-electron chi connectivity index (χ4n) is 3.88. The number of carbonyl (C=O) groups is 1. The van der Waals surface area contributed by atoms with Crippen molar-refractivity contribution in [3.05, 3.63) is 40.5 Å². The molecule has 3 aromatic heterocycles. The van der Waals surface area contributed by atoms with E-state index in [1.807, 2.05) is 36.5 Å². The summed E-state index contributed by atoms with van der Waals surface area (Å²) in [5.41, 5.74) is 5.50. The van der Waals surface area contributed by atoms with Crippen LogP contribution < -0.4 is 0 Å². The highest BCUT2D eigenvalue weighted by atomic mass is 16.2. The molecule has 0 bridgehead atoms. The molecule has 1 fully saturated rings. The molecule has 0 spiro atoms. The maximum atomic E-state index is 13.2. The monoisotopic (exact) mass is 338 g/mol. The van der Waals surface area contributed by atoms with Crippen LogP contribution in [0, 0.1) is 20.8 Å². The van der Waals surface area contributed by atoms with Crippen molar-refractivity contribution in [1.82, 2.24) is 29.9 Å². The lowest BCUT2D eigenvalue weighted by Crippen LogP contribution is -2.31. The second-order valence-electron chi connectivity index (χ2n) is 6.81. The fraction of sp³-hybridized carbons (Fsp3) is 0.444. The summed E-state index contributed by atoms with van der Waals surface area (Å²) in [5.74, 6) is 0.0279. The summed E-state index contributed by atoms with van der Waals surface area (Å²) in [4.78, 5) is 19.5. The molecule has 1 aliphatic heterocycles. The first-order valence-corrected chi connectivity index (χ1v) is 8.59. The smallest absolute Gasteiger partial charge is 0.255 e. The average molecular weight is 338 g/mol. The van der Waals surface area contributed by atoms with E-state index in [-0.39, 0.29) is 11.9 Å². The molecular weight excluding hydrogens is 316 g/mol. The molecule has 4 heterocycles. The molecule has 1 saturated heterocycles. The summed E-state index contributed by atoms with van der Waals surface area (Å²) in [7, 11) is 1.95. The van der Waals surface area contributed by atoms with Gasteiger partial charge in [0.25, 0.3) is 5.91 Å². The largest absolute Gasteiger partial charge is 0.331 e. The maximum Gasteiger partial charge on any atom is 0.255 e. The number of aryl methyl sites for hydroxylation is 3. The number of nitrogens with one attached hydrogen (secondary N) is 1. The van der Waals surface area contributed by atoms with Gasteiger partial charge >= 0.3 is 0 Å². The summed E-state index contributed by atoms with van der Waals surface area (Å²) in [6.07, 6.45) is 3.60. The maximum absolute atomic E-state index is 13.2. The van der Waals surface area contributed by atoms with Crippen molar-refractivity contribution < 1.29 is 4.79 Å². The molecule has 1 N–H and O–H groups in total. The summed E-state index contributed by atoms with van der Waals surface area (Å²) in [6.45, 7) is 6.79. The van der Waals surface area contributed by atoms with E-state index in [9.17, 15) is 4.79 Å². The van der Waals surface area contributed by atoms with Crippen molar-refractivity contribution in [2.24, 2.45) is 7.05 Å². The topological polar surface area (TPSA) is 79.7 Å². The third kappa shape index (κ3) is 2.42. The Morgan fingerprint density at radius 3 is 2.84 bits per heavy atom. The minimum atomic E-state index is 0.0279. The van der Waals surface area contributed by atoms with Crippen LogP contribution in [0.3, 0.4) is 0 Å². The van der Waals surface area contributed by atoms with E-state index in [1.54, 1.807) is 6.20 Å². The molecule has 4 rings (SSSR count). The van der Waals surface area contributed by atoms with E-state index in [1.165, 1.54) is 5.56 Å². The summed E-state index contributed by atoms with van der Waals surface area (Å²) < 4.78 is 1.90. The van der Waals surface area contributed by atoms with Crippen molar-refractivity contribution in [2.45, 2.75) is 39.7 Å².